The standard InChI is InChI=1S/C22H28N4O4.C11H10.C5H13N/c1-24-20(27)15-26-22(29)19(13-16-6-3-2-4-7-16)30-11-10-25-21(28)18-9-5-8-17(12-18)14-23;1-9-6-7-10-4-2-3-5-11(10)8-9;1-2-3-4-5-6/h2-9,12,19H,10-11,13-15,23H2,1H3,(H,24,27)(H,25,28)(H,26,29);2-8H,1H3;2-6H2,1H3/t19-;;/m1../s1. The van der Waals surface area contributed by atoms with Crippen LogP contribution in [0.2, 0.25) is 0 Å². The summed E-state index contributed by atoms with van der Waals surface area (Å²) in [5, 5.41) is 10.4. The maximum atomic E-state index is 12.5. The Morgan fingerprint density at radius 2 is 1.49 bits per heavy atom. The summed E-state index contributed by atoms with van der Waals surface area (Å²) in [5.41, 5.74) is 14.5. The van der Waals surface area contributed by atoms with E-state index in [2.05, 4.69) is 72.3 Å². The highest BCUT2D eigenvalue weighted by molar-refractivity contribution is 5.94. The minimum atomic E-state index is -0.783. The Balaban J connectivity index is 0.000000365. The monoisotopic (exact) mass is 641 g/mol. The Morgan fingerprint density at radius 3 is 2.15 bits per heavy atom. The second-order valence-electron chi connectivity index (χ2n) is 10.9. The van der Waals surface area contributed by atoms with Gasteiger partial charge in [0.2, 0.25) is 11.8 Å². The zero-order valence-electron chi connectivity index (χ0n) is 28.0. The van der Waals surface area contributed by atoms with Gasteiger partial charge < -0.3 is 32.2 Å². The third-order valence-electron chi connectivity index (χ3n) is 7.10. The average molecular weight is 642 g/mol. The quantitative estimate of drug-likeness (QED) is 0.127. The number of carbonyl (C=O) groups excluding carboxylic acids is 3. The molecule has 0 radical (unpaired) electrons. The van der Waals surface area contributed by atoms with Crippen molar-refractivity contribution < 1.29 is 19.1 Å². The molecule has 9 nitrogen and oxygen atoms in total. The van der Waals surface area contributed by atoms with Crippen LogP contribution in [0.3, 0.4) is 0 Å². The first-order valence-electron chi connectivity index (χ1n) is 16.2. The van der Waals surface area contributed by atoms with E-state index in [0.717, 1.165) is 17.7 Å². The Kier molecular flexibility index (Phi) is 18.8. The number of ether oxygens (including phenoxy) is 1. The van der Waals surface area contributed by atoms with E-state index in [0.29, 0.717) is 18.5 Å². The molecule has 0 saturated heterocycles. The van der Waals surface area contributed by atoms with Gasteiger partial charge in [-0.1, -0.05) is 110 Å². The van der Waals surface area contributed by atoms with E-state index in [9.17, 15) is 14.4 Å². The summed E-state index contributed by atoms with van der Waals surface area (Å²) in [6.45, 7) is 5.76. The van der Waals surface area contributed by atoms with Gasteiger partial charge >= 0.3 is 0 Å². The van der Waals surface area contributed by atoms with E-state index in [1.54, 1.807) is 18.2 Å². The van der Waals surface area contributed by atoms with Gasteiger partial charge in [-0.05, 0) is 53.9 Å². The second-order valence-corrected chi connectivity index (χ2v) is 10.9. The van der Waals surface area contributed by atoms with E-state index in [-0.39, 0.29) is 37.4 Å². The first-order valence-corrected chi connectivity index (χ1v) is 16.2. The van der Waals surface area contributed by atoms with Gasteiger partial charge in [-0.25, -0.2) is 0 Å². The van der Waals surface area contributed by atoms with E-state index >= 15 is 0 Å². The molecule has 0 unspecified atom stereocenters. The lowest BCUT2D eigenvalue weighted by Crippen LogP contribution is -2.43. The number of unbranched alkanes of at least 4 members (excludes halogenated alkanes) is 2. The number of nitrogens with two attached hydrogens (primary N) is 2. The maximum absolute atomic E-state index is 12.5. The van der Waals surface area contributed by atoms with Crippen molar-refractivity contribution in [2.24, 2.45) is 11.5 Å². The smallest absolute Gasteiger partial charge is 0.251 e. The molecule has 0 heterocycles. The molecule has 1 atom stereocenters. The van der Waals surface area contributed by atoms with E-state index in [4.69, 9.17) is 16.2 Å². The number of amides is 3. The molecule has 4 aromatic carbocycles. The van der Waals surface area contributed by atoms with Crippen LogP contribution >= 0.6 is 0 Å². The highest BCUT2D eigenvalue weighted by Crippen LogP contribution is 2.14. The van der Waals surface area contributed by atoms with Crippen LogP contribution in [-0.2, 0) is 27.3 Å². The molecule has 0 spiro atoms. The van der Waals surface area contributed by atoms with Crippen LogP contribution in [0.4, 0.5) is 0 Å². The van der Waals surface area contributed by atoms with Gasteiger partial charge in [-0.3, -0.25) is 14.4 Å². The van der Waals surface area contributed by atoms with Gasteiger partial charge in [-0.15, -0.1) is 0 Å². The Morgan fingerprint density at radius 1 is 0.787 bits per heavy atom. The highest BCUT2D eigenvalue weighted by atomic mass is 16.5. The van der Waals surface area contributed by atoms with E-state index in [1.807, 2.05) is 36.4 Å². The Bertz CT molecular complexity index is 1490. The summed E-state index contributed by atoms with van der Waals surface area (Å²) in [5.74, 6) is -0.921. The topological polar surface area (TPSA) is 149 Å². The van der Waals surface area contributed by atoms with Crippen LogP contribution in [0.25, 0.3) is 10.8 Å². The molecule has 3 amide bonds. The Labute approximate surface area is 279 Å². The van der Waals surface area contributed by atoms with Crippen molar-refractivity contribution in [1.29, 1.82) is 0 Å². The van der Waals surface area contributed by atoms with Crippen LogP contribution in [0, 0.1) is 6.92 Å². The van der Waals surface area contributed by atoms with E-state index in [1.165, 1.54) is 42.6 Å². The molecule has 0 aliphatic carbocycles. The van der Waals surface area contributed by atoms with Gasteiger partial charge in [0.15, 0.2) is 0 Å². The number of fused-ring (bicyclic) bond motifs is 1. The molecule has 0 aromatic heterocycles. The summed E-state index contributed by atoms with van der Waals surface area (Å²) in [7, 11) is 1.50. The minimum Gasteiger partial charge on any atom is -0.366 e. The average Bonchev–Trinajstić information content (AvgIpc) is 3.11. The number of likely N-dealkylation sites (N-methyl/N-ethyl adjacent to an activating group) is 1. The number of hydrogen-bond donors (Lipinski definition) is 5. The molecule has 4 aromatic rings. The molecule has 0 aliphatic heterocycles. The van der Waals surface area contributed by atoms with Gasteiger partial charge in [0.25, 0.3) is 5.91 Å². The summed E-state index contributed by atoms with van der Waals surface area (Å²) >= 11 is 0. The van der Waals surface area contributed by atoms with Crippen molar-refractivity contribution >= 4 is 28.5 Å². The molecule has 0 saturated carbocycles. The first-order chi connectivity index (χ1) is 22.8. The highest BCUT2D eigenvalue weighted by Gasteiger charge is 2.20. The molecule has 47 heavy (non-hydrogen) atoms. The molecular formula is C38H51N5O4. The first kappa shape index (κ1) is 38.6. The fourth-order valence-electron chi connectivity index (χ4n) is 4.44. The van der Waals surface area contributed by atoms with Crippen LogP contribution in [-0.4, -0.2) is 57.1 Å². The number of hydrogen-bond acceptors (Lipinski definition) is 6. The van der Waals surface area contributed by atoms with Gasteiger partial charge in [0, 0.05) is 32.1 Å². The summed E-state index contributed by atoms with van der Waals surface area (Å²) < 4.78 is 5.73. The third-order valence-corrected chi connectivity index (χ3v) is 7.10. The summed E-state index contributed by atoms with van der Waals surface area (Å²) in [6.07, 6.45) is 3.33. The van der Waals surface area contributed by atoms with Gasteiger partial charge in [-0.2, -0.15) is 0 Å². The van der Waals surface area contributed by atoms with Crippen LogP contribution < -0.4 is 27.4 Å². The number of nitrogens with one attached hydrogen (secondary N) is 3. The van der Waals surface area contributed by atoms with Crippen molar-refractivity contribution in [3.8, 4) is 0 Å². The van der Waals surface area contributed by atoms with E-state index < -0.39 is 6.10 Å². The molecule has 252 valence electrons. The number of aryl methyl sites for hydroxylation is 1. The lowest BCUT2D eigenvalue weighted by Gasteiger charge is -2.18. The zero-order chi connectivity index (χ0) is 34.3. The molecular weight excluding hydrogens is 590 g/mol. The number of rotatable bonds is 14. The minimum absolute atomic E-state index is 0.127. The fourth-order valence-corrected chi connectivity index (χ4v) is 4.44. The molecule has 0 aliphatic rings. The number of carbonyl (C=O) groups is 3. The normalized spacial score (nSPS) is 10.8. The van der Waals surface area contributed by atoms with Gasteiger partial charge in [0.1, 0.15) is 6.10 Å². The van der Waals surface area contributed by atoms with Crippen LogP contribution in [0.5, 0.6) is 0 Å². The van der Waals surface area contributed by atoms with Crippen molar-refractivity contribution in [3.63, 3.8) is 0 Å². The fraction of sp³-hybridized carbons (Fsp3) is 0.342. The molecule has 7 N–H and O–H groups in total. The van der Waals surface area contributed by atoms with Crippen molar-refractivity contribution in [2.45, 2.75) is 52.2 Å². The van der Waals surface area contributed by atoms with Crippen LogP contribution in [0.15, 0.2) is 97.1 Å². The van der Waals surface area contributed by atoms with Crippen molar-refractivity contribution in [2.75, 3.05) is 33.3 Å². The largest absolute Gasteiger partial charge is 0.366 e. The lowest BCUT2D eigenvalue weighted by molar-refractivity contribution is -0.134. The summed E-state index contributed by atoms with van der Waals surface area (Å²) in [6, 6.07) is 31.4. The third kappa shape index (κ3) is 15.5. The van der Waals surface area contributed by atoms with Crippen molar-refractivity contribution in [3.05, 3.63) is 119 Å². The lowest BCUT2D eigenvalue weighted by atomic mass is 10.1. The molecule has 0 bridgehead atoms. The zero-order valence-corrected chi connectivity index (χ0v) is 28.0. The van der Waals surface area contributed by atoms with Crippen molar-refractivity contribution in [1.82, 2.24) is 16.0 Å². The van der Waals surface area contributed by atoms with Crippen LogP contribution in [0.1, 0.15) is 53.2 Å². The summed E-state index contributed by atoms with van der Waals surface area (Å²) in [4.78, 5) is 36.1. The molecule has 4 rings (SSSR count). The maximum Gasteiger partial charge on any atom is 0.251 e. The number of benzene rings is 4. The second kappa shape index (κ2) is 22.9. The Hall–Kier alpha value is -4.57. The SMILES string of the molecule is CCCCCN.CNC(=O)CNC(=O)[C@@H](Cc1ccccc1)OCCNC(=O)c1cccc(CN)c1.Cc1ccc2ccccc2c1. The molecule has 9 heteroatoms. The predicted octanol–water partition coefficient (Wildman–Crippen LogP) is 4.65. The van der Waals surface area contributed by atoms with Gasteiger partial charge in [0.05, 0.1) is 13.2 Å². The predicted molar refractivity (Wildman–Crippen MR) is 191 cm³/mol. The molecule has 0 fully saturated rings.